The number of alkyl halides is 2. The van der Waals surface area contributed by atoms with Gasteiger partial charge in [0.15, 0.2) is 11.5 Å². The van der Waals surface area contributed by atoms with Crippen LogP contribution < -0.4 is 9.47 Å². The van der Waals surface area contributed by atoms with Crippen LogP contribution in [0.25, 0.3) is 0 Å². The highest BCUT2D eigenvalue weighted by Crippen LogP contribution is 2.33. The summed E-state index contributed by atoms with van der Waals surface area (Å²) in [5.74, 6) is -1.16. The average Bonchev–Trinajstić information content (AvgIpc) is 2.93. The van der Waals surface area contributed by atoms with Gasteiger partial charge in [-0.3, -0.25) is 9.59 Å². The second-order valence-corrected chi connectivity index (χ2v) is 9.22. The number of ether oxygens (including phenoxy) is 2. The number of methoxy groups -OCH3 is 1. The lowest BCUT2D eigenvalue weighted by Crippen LogP contribution is -2.36. The predicted octanol–water partition coefficient (Wildman–Crippen LogP) is 3.12. The van der Waals surface area contributed by atoms with Crippen LogP contribution in [0.1, 0.15) is 40.1 Å². The van der Waals surface area contributed by atoms with Gasteiger partial charge in [0.1, 0.15) is 4.90 Å². The van der Waals surface area contributed by atoms with Gasteiger partial charge in [0.05, 0.1) is 12.7 Å². The van der Waals surface area contributed by atoms with E-state index in [1.807, 2.05) is 0 Å². The highest BCUT2D eigenvalue weighted by Gasteiger charge is 2.43. The lowest BCUT2D eigenvalue weighted by atomic mass is 10.1. The molecule has 8 nitrogen and oxygen atoms in total. The first-order chi connectivity index (χ1) is 15.0. The molecule has 2 aromatic carbocycles. The van der Waals surface area contributed by atoms with E-state index in [0.29, 0.717) is 5.56 Å². The highest BCUT2D eigenvalue weighted by atomic mass is 32.2. The Hall–Kier alpha value is -3.21. The molecule has 0 atom stereocenters. The van der Waals surface area contributed by atoms with Gasteiger partial charge >= 0.3 is 6.61 Å². The Kier molecular flexibility index (Phi) is 6.40. The third-order valence-electron chi connectivity index (χ3n) is 4.88. The molecule has 1 aliphatic heterocycles. The van der Waals surface area contributed by atoms with Crippen LogP contribution in [0.3, 0.4) is 0 Å². The summed E-state index contributed by atoms with van der Waals surface area (Å²) in [5.41, 5.74) is 0.698. The Morgan fingerprint density at radius 2 is 1.81 bits per heavy atom. The Morgan fingerprint density at radius 1 is 1.12 bits per heavy atom. The van der Waals surface area contributed by atoms with E-state index >= 15 is 0 Å². The summed E-state index contributed by atoms with van der Waals surface area (Å²) in [4.78, 5) is 26.5. The molecule has 3 rings (SSSR count). The van der Waals surface area contributed by atoms with Crippen LogP contribution in [-0.4, -0.2) is 56.2 Å². The van der Waals surface area contributed by atoms with Crippen molar-refractivity contribution in [3.05, 3.63) is 53.1 Å². The summed E-state index contributed by atoms with van der Waals surface area (Å²) >= 11 is 0. The van der Waals surface area contributed by atoms with Crippen LogP contribution in [0.5, 0.6) is 11.5 Å². The zero-order valence-electron chi connectivity index (χ0n) is 17.8. The monoisotopic (exact) mass is 468 g/mol. The Morgan fingerprint density at radius 3 is 2.41 bits per heavy atom. The summed E-state index contributed by atoms with van der Waals surface area (Å²) in [6.45, 7) is 0.263. The first kappa shape index (κ1) is 23.5. The molecular formula is C21H22F2N2O6S. The lowest BCUT2D eigenvalue weighted by Gasteiger charge is -2.19. The fraction of sp³-hybridized carbons (Fsp3) is 0.333. The second kappa shape index (κ2) is 8.73. The number of nitrogens with zero attached hydrogens (tertiary/aromatic N) is 2. The van der Waals surface area contributed by atoms with Gasteiger partial charge < -0.3 is 14.4 Å². The fourth-order valence-corrected chi connectivity index (χ4v) is 5.25. The van der Waals surface area contributed by atoms with Gasteiger partial charge in [-0.2, -0.15) is 8.78 Å². The van der Waals surface area contributed by atoms with Crippen LogP contribution >= 0.6 is 0 Å². The van der Waals surface area contributed by atoms with Crippen molar-refractivity contribution < 1.29 is 36.3 Å². The topological polar surface area (TPSA) is 93.2 Å². The molecule has 0 fully saturated rings. The van der Waals surface area contributed by atoms with Crippen LogP contribution in [0.4, 0.5) is 8.78 Å². The average molecular weight is 468 g/mol. The van der Waals surface area contributed by atoms with Crippen molar-refractivity contribution in [2.75, 3.05) is 14.2 Å². The minimum absolute atomic E-state index is 0.0252. The molecule has 0 unspecified atom stereocenters. The number of carbonyl (C=O) groups excluding carboxylic acids is 2. The summed E-state index contributed by atoms with van der Waals surface area (Å²) < 4.78 is 60.7. The third kappa shape index (κ3) is 4.24. The van der Waals surface area contributed by atoms with Crippen molar-refractivity contribution in [3.8, 4) is 11.5 Å². The van der Waals surface area contributed by atoms with E-state index in [9.17, 15) is 26.8 Å². The molecule has 0 spiro atoms. The van der Waals surface area contributed by atoms with Gasteiger partial charge in [-0.15, -0.1) is 0 Å². The van der Waals surface area contributed by atoms with Crippen molar-refractivity contribution in [2.24, 2.45) is 0 Å². The van der Waals surface area contributed by atoms with Gasteiger partial charge in [0.25, 0.3) is 21.8 Å². The molecule has 32 heavy (non-hydrogen) atoms. The molecule has 1 aliphatic rings. The summed E-state index contributed by atoms with van der Waals surface area (Å²) in [6.07, 6.45) is 0. The predicted molar refractivity (Wildman–Crippen MR) is 110 cm³/mol. The number of halogens is 2. The van der Waals surface area contributed by atoms with Crippen molar-refractivity contribution in [1.82, 2.24) is 9.21 Å². The maximum atomic E-state index is 12.9. The van der Waals surface area contributed by atoms with E-state index in [1.165, 1.54) is 55.5 Å². The molecule has 1 heterocycles. The summed E-state index contributed by atoms with van der Waals surface area (Å²) in [7, 11) is -1.23. The van der Waals surface area contributed by atoms with Gasteiger partial charge in [0, 0.05) is 25.2 Å². The van der Waals surface area contributed by atoms with Crippen LogP contribution in [0.2, 0.25) is 0 Å². The lowest BCUT2D eigenvalue weighted by molar-refractivity contribution is -0.0512. The number of rotatable bonds is 7. The van der Waals surface area contributed by atoms with Crippen LogP contribution in [0, 0.1) is 0 Å². The maximum Gasteiger partial charge on any atom is 0.387 e. The minimum Gasteiger partial charge on any atom is -0.493 e. The molecule has 0 radical (unpaired) electrons. The molecule has 0 aromatic heterocycles. The minimum atomic E-state index is -4.04. The van der Waals surface area contributed by atoms with Gasteiger partial charge in [-0.1, -0.05) is 6.07 Å². The third-order valence-corrected chi connectivity index (χ3v) is 6.87. The number of sulfonamides is 1. The van der Waals surface area contributed by atoms with Crippen molar-refractivity contribution in [2.45, 2.75) is 37.9 Å². The first-order valence-electron chi connectivity index (χ1n) is 9.57. The second-order valence-electron chi connectivity index (χ2n) is 7.44. The molecule has 172 valence electrons. The maximum absolute atomic E-state index is 12.9. The SMILES string of the molecule is COc1cc(CN(C)C(=O)c2ccc3c(c2)S(=O)(=O)N(C(C)C)C3=O)ccc1OC(F)F. The van der Waals surface area contributed by atoms with E-state index in [-0.39, 0.29) is 34.1 Å². The number of carbonyl (C=O) groups is 2. The van der Waals surface area contributed by atoms with Crippen LogP contribution in [-0.2, 0) is 16.6 Å². The van der Waals surface area contributed by atoms with Gasteiger partial charge in [-0.25, -0.2) is 12.7 Å². The van der Waals surface area contributed by atoms with Crippen molar-refractivity contribution >= 4 is 21.8 Å². The number of fused-ring (bicyclic) bond motifs is 1. The van der Waals surface area contributed by atoms with Crippen molar-refractivity contribution in [3.63, 3.8) is 0 Å². The Bertz CT molecular complexity index is 1170. The molecule has 11 heteroatoms. The Labute approximate surface area is 184 Å². The summed E-state index contributed by atoms with van der Waals surface area (Å²) in [5, 5.41) is 0. The van der Waals surface area contributed by atoms with Gasteiger partial charge in [-0.05, 0) is 49.7 Å². The van der Waals surface area contributed by atoms with Gasteiger partial charge in [0.2, 0.25) is 0 Å². The fourth-order valence-electron chi connectivity index (χ4n) is 3.46. The zero-order chi connectivity index (χ0) is 23.8. The molecule has 0 bridgehead atoms. The normalized spacial score (nSPS) is 14.6. The van der Waals surface area contributed by atoms with E-state index in [1.54, 1.807) is 13.8 Å². The van der Waals surface area contributed by atoms with Crippen LogP contribution in [0.15, 0.2) is 41.3 Å². The molecule has 2 amide bonds. The number of benzene rings is 2. The van der Waals surface area contributed by atoms with E-state index in [2.05, 4.69) is 4.74 Å². The number of hydrogen-bond donors (Lipinski definition) is 0. The largest absolute Gasteiger partial charge is 0.493 e. The molecule has 0 N–H and O–H groups in total. The molecule has 2 aromatic rings. The van der Waals surface area contributed by atoms with E-state index in [0.717, 1.165) is 4.31 Å². The molecule has 0 saturated carbocycles. The summed E-state index contributed by atoms with van der Waals surface area (Å²) in [6, 6.07) is 7.65. The van der Waals surface area contributed by atoms with E-state index in [4.69, 9.17) is 4.74 Å². The molecule has 0 saturated heterocycles. The van der Waals surface area contributed by atoms with Crippen molar-refractivity contribution in [1.29, 1.82) is 0 Å². The standard InChI is InChI=1S/C21H22F2N2O6S/c1-12(2)25-20(27)15-7-6-14(10-18(15)32(25,28)29)19(26)24(3)11-13-5-8-16(31-21(22)23)17(9-13)30-4/h5-10,12,21H,11H2,1-4H3. The van der Waals surface area contributed by atoms with E-state index < -0.39 is 34.5 Å². The highest BCUT2D eigenvalue weighted by molar-refractivity contribution is 7.90. The number of hydrogen-bond acceptors (Lipinski definition) is 6. The quantitative estimate of drug-likeness (QED) is 0.620. The molecular weight excluding hydrogens is 446 g/mol. The zero-order valence-corrected chi connectivity index (χ0v) is 18.7. The smallest absolute Gasteiger partial charge is 0.387 e. The Balaban J connectivity index is 1.84. The number of amides is 2. The first-order valence-corrected chi connectivity index (χ1v) is 11.0. The molecule has 0 aliphatic carbocycles.